The maximum Gasteiger partial charge on any atom is 0.247 e. The summed E-state index contributed by atoms with van der Waals surface area (Å²) in [5, 5.41) is 2.90. The maximum absolute atomic E-state index is 13.5. The van der Waals surface area contributed by atoms with Crippen molar-refractivity contribution in [2.75, 3.05) is 20.7 Å². The van der Waals surface area contributed by atoms with E-state index in [1.165, 1.54) is 33.1 Å². The molecule has 1 aromatic carbocycles. The van der Waals surface area contributed by atoms with Gasteiger partial charge in [0.05, 0.1) is 13.7 Å². The summed E-state index contributed by atoms with van der Waals surface area (Å²) in [6, 6.07) is 3.36. The van der Waals surface area contributed by atoms with Gasteiger partial charge in [-0.05, 0) is 31.0 Å². The Labute approximate surface area is 148 Å². The summed E-state index contributed by atoms with van der Waals surface area (Å²) in [6.45, 7) is -0.321. The van der Waals surface area contributed by atoms with E-state index < -0.39 is 15.8 Å². The molecule has 1 aliphatic rings. The molecule has 1 aromatic rings. The number of ether oxygens (including phenoxy) is 1. The Morgan fingerprint density at radius 3 is 2.52 bits per heavy atom. The standard InChI is InChI=1S/C17H25FN2O4S/c1-20(12-17(21)19-14-7-5-3-4-6-8-14)25(22,23)16-11-13(18)9-10-15(16)24-2/h9-11,14H,3-8,12H2,1-2H3,(H,19,21). The molecule has 25 heavy (non-hydrogen) atoms. The predicted molar refractivity (Wildman–Crippen MR) is 92.4 cm³/mol. The van der Waals surface area contributed by atoms with Crippen molar-refractivity contribution in [3.05, 3.63) is 24.0 Å². The SMILES string of the molecule is COc1ccc(F)cc1S(=O)(=O)N(C)CC(=O)NC1CCCCCC1. The summed E-state index contributed by atoms with van der Waals surface area (Å²) in [6.07, 6.45) is 6.30. The first kappa shape index (κ1) is 19.7. The number of benzene rings is 1. The largest absolute Gasteiger partial charge is 0.495 e. The van der Waals surface area contributed by atoms with Gasteiger partial charge in [-0.1, -0.05) is 25.7 Å². The quantitative estimate of drug-likeness (QED) is 0.778. The van der Waals surface area contributed by atoms with Crippen LogP contribution in [-0.2, 0) is 14.8 Å². The molecule has 6 nitrogen and oxygen atoms in total. The molecule has 140 valence electrons. The first-order valence-electron chi connectivity index (χ1n) is 8.44. The van der Waals surface area contributed by atoms with Crippen LogP contribution in [0.25, 0.3) is 0 Å². The summed E-state index contributed by atoms with van der Waals surface area (Å²) >= 11 is 0. The van der Waals surface area contributed by atoms with Crippen molar-refractivity contribution in [1.29, 1.82) is 0 Å². The lowest BCUT2D eigenvalue weighted by Crippen LogP contribution is -2.42. The number of methoxy groups -OCH3 is 1. The number of rotatable bonds is 6. The van der Waals surface area contributed by atoms with Crippen molar-refractivity contribution < 1.29 is 22.3 Å². The molecule has 0 atom stereocenters. The highest BCUT2D eigenvalue weighted by Crippen LogP contribution is 2.26. The van der Waals surface area contributed by atoms with Crippen molar-refractivity contribution in [2.45, 2.75) is 49.5 Å². The molecule has 0 aliphatic heterocycles. The Hall–Kier alpha value is -1.67. The van der Waals surface area contributed by atoms with Crippen LogP contribution in [0.3, 0.4) is 0 Å². The van der Waals surface area contributed by atoms with Crippen LogP contribution in [0.1, 0.15) is 38.5 Å². The molecule has 0 aromatic heterocycles. The number of carbonyl (C=O) groups is 1. The van der Waals surface area contributed by atoms with E-state index >= 15 is 0 Å². The van der Waals surface area contributed by atoms with E-state index in [0.717, 1.165) is 42.1 Å². The Bertz CT molecular complexity index is 701. The van der Waals surface area contributed by atoms with Crippen molar-refractivity contribution in [2.24, 2.45) is 0 Å². The van der Waals surface area contributed by atoms with Gasteiger partial charge in [0.1, 0.15) is 16.5 Å². The van der Waals surface area contributed by atoms with Crippen LogP contribution in [0.15, 0.2) is 23.1 Å². The van der Waals surface area contributed by atoms with E-state index in [0.29, 0.717) is 0 Å². The summed E-state index contributed by atoms with van der Waals surface area (Å²) < 4.78 is 44.7. The molecule has 1 amide bonds. The first-order chi connectivity index (χ1) is 11.8. The van der Waals surface area contributed by atoms with Crippen LogP contribution >= 0.6 is 0 Å². The number of hydrogen-bond acceptors (Lipinski definition) is 4. The Balaban J connectivity index is 2.06. The van der Waals surface area contributed by atoms with Crippen molar-refractivity contribution in [3.63, 3.8) is 0 Å². The fraction of sp³-hybridized carbons (Fsp3) is 0.588. The maximum atomic E-state index is 13.5. The molecule has 0 bridgehead atoms. The lowest BCUT2D eigenvalue weighted by molar-refractivity contribution is -0.121. The number of amides is 1. The number of hydrogen-bond donors (Lipinski definition) is 1. The molecular weight excluding hydrogens is 347 g/mol. The number of nitrogens with zero attached hydrogens (tertiary/aromatic N) is 1. The number of carbonyl (C=O) groups excluding carboxylic acids is 1. The molecule has 0 heterocycles. The molecule has 1 N–H and O–H groups in total. The normalized spacial score (nSPS) is 16.5. The van der Waals surface area contributed by atoms with E-state index in [1.54, 1.807) is 0 Å². The van der Waals surface area contributed by atoms with Gasteiger partial charge >= 0.3 is 0 Å². The summed E-state index contributed by atoms with van der Waals surface area (Å²) in [7, 11) is -1.43. The fourth-order valence-corrected chi connectivity index (χ4v) is 4.29. The predicted octanol–water partition coefficient (Wildman–Crippen LogP) is 2.29. The Morgan fingerprint density at radius 1 is 1.28 bits per heavy atom. The van der Waals surface area contributed by atoms with Crippen molar-refractivity contribution >= 4 is 15.9 Å². The summed E-state index contributed by atoms with van der Waals surface area (Å²) in [5.74, 6) is -0.999. The lowest BCUT2D eigenvalue weighted by Gasteiger charge is -2.21. The van der Waals surface area contributed by atoms with E-state index in [4.69, 9.17) is 4.74 Å². The topological polar surface area (TPSA) is 75.7 Å². The van der Waals surface area contributed by atoms with Gasteiger partial charge in [-0.15, -0.1) is 0 Å². The van der Waals surface area contributed by atoms with Crippen LogP contribution in [0.2, 0.25) is 0 Å². The molecule has 1 fully saturated rings. The molecule has 1 saturated carbocycles. The van der Waals surface area contributed by atoms with E-state index in [9.17, 15) is 17.6 Å². The second kappa shape index (κ2) is 8.62. The molecule has 1 aliphatic carbocycles. The number of nitrogens with one attached hydrogen (secondary N) is 1. The second-order valence-corrected chi connectivity index (χ2v) is 8.33. The Morgan fingerprint density at radius 2 is 1.92 bits per heavy atom. The van der Waals surface area contributed by atoms with Gasteiger partial charge in [0.2, 0.25) is 15.9 Å². The average Bonchev–Trinajstić information content (AvgIpc) is 2.83. The zero-order valence-corrected chi connectivity index (χ0v) is 15.4. The van der Waals surface area contributed by atoms with Crippen molar-refractivity contribution in [3.8, 4) is 5.75 Å². The first-order valence-corrected chi connectivity index (χ1v) is 9.88. The summed E-state index contributed by atoms with van der Waals surface area (Å²) in [5.41, 5.74) is 0. The number of sulfonamides is 1. The van der Waals surface area contributed by atoms with E-state index in [-0.39, 0.29) is 29.1 Å². The highest BCUT2D eigenvalue weighted by molar-refractivity contribution is 7.89. The third kappa shape index (κ3) is 5.15. The van der Waals surface area contributed by atoms with Crippen LogP contribution in [0, 0.1) is 5.82 Å². The summed E-state index contributed by atoms with van der Waals surface area (Å²) in [4.78, 5) is 11.9. The third-order valence-corrected chi connectivity index (χ3v) is 6.23. The minimum absolute atomic E-state index is 0.0393. The minimum atomic E-state index is -4.04. The van der Waals surface area contributed by atoms with Crippen molar-refractivity contribution in [1.82, 2.24) is 9.62 Å². The molecule has 0 spiro atoms. The van der Waals surface area contributed by atoms with Crippen LogP contribution < -0.4 is 10.1 Å². The Kier molecular flexibility index (Phi) is 6.78. The van der Waals surface area contributed by atoms with Gasteiger partial charge in [-0.3, -0.25) is 4.79 Å². The zero-order valence-electron chi connectivity index (χ0n) is 14.6. The van der Waals surface area contributed by atoms with Gasteiger partial charge in [0, 0.05) is 13.1 Å². The molecule has 0 saturated heterocycles. The lowest BCUT2D eigenvalue weighted by atomic mass is 10.1. The minimum Gasteiger partial charge on any atom is -0.495 e. The molecule has 8 heteroatoms. The van der Waals surface area contributed by atoms with Crippen LogP contribution in [-0.4, -0.2) is 45.4 Å². The van der Waals surface area contributed by atoms with Gasteiger partial charge in [-0.25, -0.2) is 12.8 Å². The van der Waals surface area contributed by atoms with Crippen LogP contribution in [0.5, 0.6) is 5.75 Å². The second-order valence-electron chi connectivity index (χ2n) is 6.31. The number of halogens is 1. The highest BCUT2D eigenvalue weighted by Gasteiger charge is 2.27. The number of likely N-dealkylation sites (N-methyl/N-ethyl adjacent to an activating group) is 1. The monoisotopic (exact) mass is 372 g/mol. The average molecular weight is 372 g/mol. The smallest absolute Gasteiger partial charge is 0.247 e. The van der Waals surface area contributed by atoms with Gasteiger partial charge in [0.25, 0.3) is 0 Å². The fourth-order valence-electron chi connectivity index (χ4n) is 3.00. The van der Waals surface area contributed by atoms with Gasteiger partial charge in [-0.2, -0.15) is 4.31 Å². The highest BCUT2D eigenvalue weighted by atomic mass is 32.2. The zero-order chi connectivity index (χ0) is 18.4. The van der Waals surface area contributed by atoms with E-state index in [2.05, 4.69) is 5.32 Å². The molecular formula is C17H25FN2O4S. The molecule has 0 radical (unpaired) electrons. The molecule has 2 rings (SSSR count). The third-order valence-electron chi connectivity index (χ3n) is 4.40. The molecule has 0 unspecified atom stereocenters. The van der Waals surface area contributed by atoms with E-state index in [1.807, 2.05) is 0 Å². The van der Waals surface area contributed by atoms with Gasteiger partial charge < -0.3 is 10.1 Å². The van der Waals surface area contributed by atoms with Crippen LogP contribution in [0.4, 0.5) is 4.39 Å². The van der Waals surface area contributed by atoms with Gasteiger partial charge in [0.15, 0.2) is 0 Å².